The van der Waals surface area contributed by atoms with Crippen LogP contribution in [0.5, 0.6) is 5.75 Å². The second-order valence-corrected chi connectivity index (χ2v) is 4.58. The molecule has 2 aromatic rings. The number of nitrogens with one attached hydrogen (secondary N) is 1. The van der Waals surface area contributed by atoms with Crippen LogP contribution in [0.2, 0.25) is 0 Å². The van der Waals surface area contributed by atoms with Gasteiger partial charge in [-0.25, -0.2) is 0 Å². The second kappa shape index (κ2) is 7.17. The average Bonchev–Trinajstić information content (AvgIpc) is 2.93. The van der Waals surface area contributed by atoms with Crippen molar-refractivity contribution >= 4 is 17.3 Å². The van der Waals surface area contributed by atoms with Crippen molar-refractivity contribution in [1.82, 2.24) is 15.2 Å². The summed E-state index contributed by atoms with van der Waals surface area (Å²) in [4.78, 5) is 6.00. The smallest absolute Gasteiger partial charge is 0.287 e. The number of aromatic hydroxyl groups is 1. The first-order valence-electron chi connectivity index (χ1n) is 6.89. The molecule has 1 heterocycles. The number of rotatable bonds is 6. The van der Waals surface area contributed by atoms with Gasteiger partial charge in [-0.2, -0.15) is 10.2 Å². The van der Waals surface area contributed by atoms with Crippen molar-refractivity contribution in [1.29, 1.82) is 5.26 Å². The highest BCUT2D eigenvalue weighted by molar-refractivity contribution is 5.61. The van der Waals surface area contributed by atoms with Crippen LogP contribution in [0.1, 0.15) is 19.2 Å². The molecule has 114 valence electrons. The van der Waals surface area contributed by atoms with Gasteiger partial charge in [0.2, 0.25) is 0 Å². The molecule has 1 aromatic carbocycles. The Labute approximate surface area is 128 Å². The molecule has 8 heteroatoms. The average molecular weight is 299 g/mol. The standard InChI is InChI=1S/C14H17N7O/c1-3-21(8-4-7-15)11-5-6-12(13(22)9-11)18-20-14-16-10(2)17-19-14/h5-6,9,22H,3-4,8H2,1-2H3,(H,16,17,19). The van der Waals surface area contributed by atoms with E-state index in [0.29, 0.717) is 24.5 Å². The number of azo groups is 1. The molecule has 0 aliphatic carbocycles. The van der Waals surface area contributed by atoms with Crippen LogP contribution >= 0.6 is 0 Å². The van der Waals surface area contributed by atoms with Crippen LogP contribution in [0.4, 0.5) is 17.3 Å². The third-order valence-corrected chi connectivity index (χ3v) is 3.03. The number of H-pyrrole nitrogens is 1. The molecule has 2 rings (SSSR count). The fraction of sp³-hybridized carbons (Fsp3) is 0.357. The Hall–Kier alpha value is -2.95. The Morgan fingerprint density at radius 2 is 2.23 bits per heavy atom. The molecule has 8 nitrogen and oxygen atoms in total. The van der Waals surface area contributed by atoms with Gasteiger partial charge in [0.15, 0.2) is 0 Å². The Morgan fingerprint density at radius 3 is 2.82 bits per heavy atom. The fourth-order valence-corrected chi connectivity index (χ4v) is 1.92. The van der Waals surface area contributed by atoms with E-state index in [1.165, 1.54) is 0 Å². The van der Waals surface area contributed by atoms with Crippen molar-refractivity contribution in [2.75, 3.05) is 18.0 Å². The number of hydrogen-bond donors (Lipinski definition) is 2. The molecule has 0 saturated carbocycles. The van der Waals surface area contributed by atoms with Crippen molar-refractivity contribution in [2.45, 2.75) is 20.3 Å². The lowest BCUT2D eigenvalue weighted by molar-refractivity contribution is 0.476. The third kappa shape index (κ3) is 3.79. The molecular formula is C14H17N7O. The lowest BCUT2D eigenvalue weighted by atomic mass is 10.2. The number of hydrogen-bond acceptors (Lipinski definition) is 7. The topological polar surface area (TPSA) is 114 Å². The highest BCUT2D eigenvalue weighted by Gasteiger charge is 2.08. The van der Waals surface area contributed by atoms with Gasteiger partial charge in [-0.05, 0) is 26.0 Å². The van der Waals surface area contributed by atoms with Crippen LogP contribution in [-0.4, -0.2) is 33.4 Å². The number of aromatic nitrogens is 3. The first-order valence-corrected chi connectivity index (χ1v) is 6.89. The van der Waals surface area contributed by atoms with Gasteiger partial charge in [0.25, 0.3) is 5.95 Å². The number of phenols is 1. The van der Waals surface area contributed by atoms with Crippen LogP contribution in [0.15, 0.2) is 28.4 Å². The minimum atomic E-state index is 0.0175. The summed E-state index contributed by atoms with van der Waals surface area (Å²) in [5.41, 5.74) is 1.17. The molecule has 1 aromatic heterocycles. The maximum atomic E-state index is 10.1. The number of nitriles is 1. The lowest BCUT2D eigenvalue weighted by Crippen LogP contribution is -2.23. The number of aryl methyl sites for hydroxylation is 1. The van der Waals surface area contributed by atoms with Crippen LogP contribution in [-0.2, 0) is 0 Å². The number of phenolic OH excluding ortho intramolecular Hbond substituents is 1. The fourth-order valence-electron chi connectivity index (χ4n) is 1.92. The van der Waals surface area contributed by atoms with Gasteiger partial charge >= 0.3 is 0 Å². The van der Waals surface area contributed by atoms with E-state index in [4.69, 9.17) is 5.26 Å². The van der Waals surface area contributed by atoms with Gasteiger partial charge in [-0.15, -0.1) is 15.3 Å². The molecule has 0 spiro atoms. The maximum Gasteiger partial charge on any atom is 0.287 e. The first kappa shape index (κ1) is 15.4. The van der Waals surface area contributed by atoms with Gasteiger partial charge in [0.1, 0.15) is 17.3 Å². The number of anilines is 1. The molecule has 0 saturated heterocycles. The predicted molar refractivity (Wildman–Crippen MR) is 81.5 cm³/mol. The van der Waals surface area contributed by atoms with Crippen molar-refractivity contribution in [2.24, 2.45) is 10.2 Å². The third-order valence-electron chi connectivity index (χ3n) is 3.03. The quantitative estimate of drug-likeness (QED) is 0.796. The summed E-state index contributed by atoms with van der Waals surface area (Å²) in [6.07, 6.45) is 0.431. The molecule has 0 atom stereocenters. The Morgan fingerprint density at radius 1 is 1.41 bits per heavy atom. The largest absolute Gasteiger partial charge is 0.506 e. The van der Waals surface area contributed by atoms with Gasteiger partial charge in [0, 0.05) is 24.8 Å². The van der Waals surface area contributed by atoms with Crippen molar-refractivity contribution < 1.29 is 5.11 Å². The molecular weight excluding hydrogens is 282 g/mol. The summed E-state index contributed by atoms with van der Waals surface area (Å²) in [5.74, 6) is 0.874. The maximum absolute atomic E-state index is 10.1. The minimum absolute atomic E-state index is 0.0175. The summed E-state index contributed by atoms with van der Waals surface area (Å²) in [6.45, 7) is 5.12. The zero-order valence-electron chi connectivity index (χ0n) is 12.5. The zero-order chi connectivity index (χ0) is 15.9. The Bertz CT molecular complexity index is 701. The Balaban J connectivity index is 2.15. The summed E-state index contributed by atoms with van der Waals surface area (Å²) in [6, 6.07) is 7.22. The first-order chi connectivity index (χ1) is 10.6. The molecule has 2 N–H and O–H groups in total. The van der Waals surface area contributed by atoms with E-state index < -0.39 is 0 Å². The van der Waals surface area contributed by atoms with Crippen LogP contribution in [0, 0.1) is 18.3 Å². The van der Waals surface area contributed by atoms with E-state index in [0.717, 1.165) is 12.2 Å². The zero-order valence-corrected chi connectivity index (χ0v) is 12.5. The van der Waals surface area contributed by atoms with Gasteiger partial charge in [-0.3, -0.25) is 5.10 Å². The monoisotopic (exact) mass is 299 g/mol. The van der Waals surface area contributed by atoms with Gasteiger partial charge < -0.3 is 10.0 Å². The highest BCUT2D eigenvalue weighted by atomic mass is 16.3. The molecule has 0 unspecified atom stereocenters. The normalized spacial score (nSPS) is 10.8. The molecule has 0 fully saturated rings. The molecule has 0 bridgehead atoms. The van der Waals surface area contributed by atoms with Crippen molar-refractivity contribution in [3.8, 4) is 11.8 Å². The summed E-state index contributed by atoms with van der Waals surface area (Å²) >= 11 is 0. The van der Waals surface area contributed by atoms with Crippen LogP contribution in [0.25, 0.3) is 0 Å². The van der Waals surface area contributed by atoms with Gasteiger partial charge in [0.05, 0.1) is 12.5 Å². The lowest BCUT2D eigenvalue weighted by Gasteiger charge is -2.22. The molecule has 0 amide bonds. The molecule has 0 aliphatic heterocycles. The van der Waals surface area contributed by atoms with Crippen molar-refractivity contribution in [3.05, 3.63) is 24.0 Å². The summed E-state index contributed by atoms with van der Waals surface area (Å²) < 4.78 is 0. The Kier molecular flexibility index (Phi) is 5.03. The molecule has 0 radical (unpaired) electrons. The van der Waals surface area contributed by atoms with E-state index in [1.54, 1.807) is 19.1 Å². The van der Waals surface area contributed by atoms with E-state index in [9.17, 15) is 5.11 Å². The predicted octanol–water partition coefficient (Wildman–Crippen LogP) is 2.97. The van der Waals surface area contributed by atoms with E-state index in [-0.39, 0.29) is 11.7 Å². The van der Waals surface area contributed by atoms with E-state index in [2.05, 4.69) is 31.5 Å². The van der Waals surface area contributed by atoms with E-state index in [1.807, 2.05) is 17.9 Å². The van der Waals surface area contributed by atoms with Crippen LogP contribution < -0.4 is 4.90 Å². The number of benzene rings is 1. The van der Waals surface area contributed by atoms with Crippen molar-refractivity contribution in [3.63, 3.8) is 0 Å². The van der Waals surface area contributed by atoms with Crippen LogP contribution in [0.3, 0.4) is 0 Å². The SMILES string of the molecule is CCN(CCC#N)c1ccc(N=Nc2n[nH]c(C)n2)c(O)c1. The second-order valence-electron chi connectivity index (χ2n) is 4.58. The van der Waals surface area contributed by atoms with E-state index >= 15 is 0 Å². The van der Waals surface area contributed by atoms with Gasteiger partial charge in [-0.1, -0.05) is 0 Å². The summed E-state index contributed by atoms with van der Waals surface area (Å²) in [7, 11) is 0. The number of aromatic amines is 1. The highest BCUT2D eigenvalue weighted by Crippen LogP contribution is 2.31. The molecule has 22 heavy (non-hydrogen) atoms. The summed E-state index contributed by atoms with van der Waals surface area (Å²) in [5, 5.41) is 33.0. The minimum Gasteiger partial charge on any atom is -0.506 e. The molecule has 0 aliphatic rings. The number of nitrogens with zero attached hydrogens (tertiary/aromatic N) is 6.